The number of aromatic nitrogens is 4. The zero-order chi connectivity index (χ0) is 14.5. The number of anilines is 2. The summed E-state index contributed by atoms with van der Waals surface area (Å²) in [5.74, 6) is 1.88. The summed E-state index contributed by atoms with van der Waals surface area (Å²) in [6, 6.07) is 4.03. The highest BCUT2D eigenvalue weighted by Crippen LogP contribution is 2.24. The van der Waals surface area contributed by atoms with E-state index >= 15 is 0 Å². The lowest BCUT2D eigenvalue weighted by Gasteiger charge is -2.14. The average Bonchev–Trinajstić information content (AvgIpc) is 2.80. The lowest BCUT2D eigenvalue weighted by atomic mass is 9.96. The molecule has 0 aliphatic carbocycles. The van der Waals surface area contributed by atoms with Crippen LogP contribution in [0.3, 0.4) is 0 Å². The van der Waals surface area contributed by atoms with Gasteiger partial charge in [0.1, 0.15) is 0 Å². The third-order valence-electron chi connectivity index (χ3n) is 3.37. The van der Waals surface area contributed by atoms with Gasteiger partial charge in [0, 0.05) is 29.1 Å². The van der Waals surface area contributed by atoms with Gasteiger partial charge in [0.15, 0.2) is 5.82 Å². The lowest BCUT2D eigenvalue weighted by molar-refractivity contribution is 0.580. The quantitative estimate of drug-likeness (QED) is 0.838. The molecule has 0 radical (unpaired) electrons. The van der Waals surface area contributed by atoms with E-state index in [0.717, 1.165) is 35.7 Å². The van der Waals surface area contributed by atoms with Crippen LogP contribution in [-0.2, 0) is 0 Å². The zero-order valence-corrected chi connectivity index (χ0v) is 12.7. The number of aryl methyl sites for hydroxylation is 2. The van der Waals surface area contributed by atoms with Crippen LogP contribution in [-0.4, -0.2) is 20.2 Å². The lowest BCUT2D eigenvalue weighted by Crippen LogP contribution is -2.06. The number of H-pyrrole nitrogens is 1. The molecule has 5 heteroatoms. The van der Waals surface area contributed by atoms with E-state index in [1.807, 2.05) is 19.9 Å². The van der Waals surface area contributed by atoms with Crippen LogP contribution in [0.2, 0.25) is 0 Å². The molecule has 0 aromatic carbocycles. The first-order valence-corrected chi connectivity index (χ1v) is 7.27. The Kier molecular flexibility index (Phi) is 4.71. The fourth-order valence-corrected chi connectivity index (χ4v) is 2.36. The Bertz CT molecular complexity index is 561. The largest absolute Gasteiger partial charge is 0.307 e. The van der Waals surface area contributed by atoms with Gasteiger partial charge in [-0.3, -0.25) is 5.10 Å². The molecule has 0 fully saturated rings. The molecule has 0 spiro atoms. The minimum absolute atomic E-state index is 0.503. The summed E-state index contributed by atoms with van der Waals surface area (Å²) in [5.41, 5.74) is 3.12. The smallest absolute Gasteiger partial charge is 0.228 e. The molecule has 5 nitrogen and oxygen atoms in total. The standard InChI is InChI=1S/C15H23N5/c1-5-7-12(6-2)13-8-10(3)16-15(17-13)18-14-9-11(4)19-20-14/h8-9,12H,5-7H2,1-4H3,(H2,16,17,18,19,20). The van der Waals surface area contributed by atoms with Crippen LogP contribution in [0, 0.1) is 13.8 Å². The Hall–Kier alpha value is -1.91. The molecular weight excluding hydrogens is 250 g/mol. The Morgan fingerprint density at radius 1 is 1.20 bits per heavy atom. The molecule has 108 valence electrons. The van der Waals surface area contributed by atoms with Gasteiger partial charge in [-0.1, -0.05) is 20.3 Å². The highest BCUT2D eigenvalue weighted by atomic mass is 15.2. The number of aromatic amines is 1. The van der Waals surface area contributed by atoms with E-state index in [1.165, 1.54) is 6.42 Å². The Labute approximate surface area is 120 Å². The van der Waals surface area contributed by atoms with Gasteiger partial charge in [-0.15, -0.1) is 0 Å². The van der Waals surface area contributed by atoms with Gasteiger partial charge in [0.25, 0.3) is 0 Å². The number of nitrogens with one attached hydrogen (secondary N) is 2. The molecule has 0 bridgehead atoms. The molecule has 20 heavy (non-hydrogen) atoms. The van der Waals surface area contributed by atoms with Gasteiger partial charge in [-0.05, 0) is 32.8 Å². The van der Waals surface area contributed by atoms with Crippen molar-refractivity contribution in [2.24, 2.45) is 0 Å². The molecular formula is C15H23N5. The third kappa shape index (κ3) is 3.56. The minimum atomic E-state index is 0.503. The summed E-state index contributed by atoms with van der Waals surface area (Å²) in [7, 11) is 0. The van der Waals surface area contributed by atoms with E-state index in [2.05, 4.69) is 45.4 Å². The number of hydrogen-bond donors (Lipinski definition) is 2. The highest BCUT2D eigenvalue weighted by molar-refractivity contribution is 5.48. The van der Waals surface area contributed by atoms with Gasteiger partial charge >= 0.3 is 0 Å². The van der Waals surface area contributed by atoms with Crippen molar-refractivity contribution in [2.45, 2.75) is 52.9 Å². The number of nitrogens with zero attached hydrogens (tertiary/aromatic N) is 3. The van der Waals surface area contributed by atoms with Crippen molar-refractivity contribution in [3.63, 3.8) is 0 Å². The van der Waals surface area contributed by atoms with Crippen LogP contribution < -0.4 is 5.32 Å². The average molecular weight is 273 g/mol. The van der Waals surface area contributed by atoms with Crippen molar-refractivity contribution in [3.05, 3.63) is 29.2 Å². The molecule has 2 aromatic rings. The zero-order valence-electron chi connectivity index (χ0n) is 12.7. The maximum absolute atomic E-state index is 4.65. The first-order chi connectivity index (χ1) is 9.62. The minimum Gasteiger partial charge on any atom is -0.307 e. The summed E-state index contributed by atoms with van der Waals surface area (Å²) in [4.78, 5) is 9.09. The molecule has 0 saturated heterocycles. The van der Waals surface area contributed by atoms with Gasteiger partial charge in [-0.2, -0.15) is 5.10 Å². The summed E-state index contributed by atoms with van der Waals surface area (Å²) < 4.78 is 0. The fourth-order valence-electron chi connectivity index (χ4n) is 2.36. The van der Waals surface area contributed by atoms with E-state index in [4.69, 9.17) is 0 Å². The van der Waals surface area contributed by atoms with E-state index in [1.54, 1.807) is 0 Å². The Morgan fingerprint density at radius 3 is 2.60 bits per heavy atom. The summed E-state index contributed by atoms with van der Waals surface area (Å²) in [6.07, 6.45) is 3.43. The SMILES string of the molecule is CCCC(CC)c1cc(C)nc(Nc2cc(C)[nH]n2)n1. The van der Waals surface area contributed by atoms with Crippen molar-refractivity contribution in [3.8, 4) is 0 Å². The topological polar surface area (TPSA) is 66.5 Å². The maximum Gasteiger partial charge on any atom is 0.228 e. The van der Waals surface area contributed by atoms with Crippen LogP contribution in [0.25, 0.3) is 0 Å². The molecule has 1 atom stereocenters. The Morgan fingerprint density at radius 2 is 2.00 bits per heavy atom. The van der Waals surface area contributed by atoms with Crippen LogP contribution in [0.1, 0.15) is 56.1 Å². The molecule has 0 saturated carbocycles. The summed E-state index contributed by atoms with van der Waals surface area (Å²) >= 11 is 0. The van der Waals surface area contributed by atoms with Gasteiger partial charge in [0.05, 0.1) is 0 Å². The third-order valence-corrected chi connectivity index (χ3v) is 3.37. The van der Waals surface area contributed by atoms with Crippen LogP contribution in [0.15, 0.2) is 12.1 Å². The molecule has 2 rings (SSSR count). The first-order valence-electron chi connectivity index (χ1n) is 7.27. The highest BCUT2D eigenvalue weighted by Gasteiger charge is 2.12. The van der Waals surface area contributed by atoms with Crippen molar-refractivity contribution < 1.29 is 0 Å². The monoisotopic (exact) mass is 273 g/mol. The molecule has 2 heterocycles. The van der Waals surface area contributed by atoms with Crippen molar-refractivity contribution in [1.29, 1.82) is 0 Å². The second-order valence-corrected chi connectivity index (χ2v) is 5.21. The van der Waals surface area contributed by atoms with Gasteiger partial charge in [0.2, 0.25) is 5.95 Å². The summed E-state index contributed by atoms with van der Waals surface area (Å²) in [5, 5.41) is 10.2. The van der Waals surface area contributed by atoms with E-state index in [9.17, 15) is 0 Å². The first kappa shape index (κ1) is 14.5. The molecule has 2 aromatic heterocycles. The predicted octanol–water partition coefficient (Wildman–Crippen LogP) is 3.85. The Balaban J connectivity index is 2.23. The summed E-state index contributed by atoms with van der Waals surface area (Å²) in [6.45, 7) is 8.39. The molecule has 0 aliphatic heterocycles. The van der Waals surface area contributed by atoms with E-state index in [0.29, 0.717) is 11.9 Å². The van der Waals surface area contributed by atoms with E-state index < -0.39 is 0 Å². The predicted molar refractivity (Wildman–Crippen MR) is 81.3 cm³/mol. The second-order valence-electron chi connectivity index (χ2n) is 5.21. The van der Waals surface area contributed by atoms with Crippen molar-refractivity contribution in [1.82, 2.24) is 20.2 Å². The van der Waals surface area contributed by atoms with Crippen LogP contribution in [0.4, 0.5) is 11.8 Å². The normalized spacial score (nSPS) is 12.4. The fraction of sp³-hybridized carbons (Fsp3) is 0.533. The van der Waals surface area contributed by atoms with Crippen molar-refractivity contribution in [2.75, 3.05) is 5.32 Å². The maximum atomic E-state index is 4.65. The molecule has 0 amide bonds. The van der Waals surface area contributed by atoms with E-state index in [-0.39, 0.29) is 0 Å². The van der Waals surface area contributed by atoms with Crippen LogP contribution >= 0.6 is 0 Å². The van der Waals surface area contributed by atoms with Gasteiger partial charge < -0.3 is 5.32 Å². The number of rotatable bonds is 6. The molecule has 0 aliphatic rings. The molecule has 2 N–H and O–H groups in total. The molecule has 1 unspecified atom stereocenters. The van der Waals surface area contributed by atoms with Crippen LogP contribution in [0.5, 0.6) is 0 Å². The number of hydrogen-bond acceptors (Lipinski definition) is 4. The van der Waals surface area contributed by atoms with Gasteiger partial charge in [-0.25, -0.2) is 9.97 Å². The van der Waals surface area contributed by atoms with Crippen molar-refractivity contribution >= 4 is 11.8 Å². The second kappa shape index (κ2) is 6.50.